The average Bonchev–Trinajstić information content (AvgIpc) is 3.58. The smallest absolute Gasteiger partial charge is 0.0941 e. The molecule has 0 nitrogen and oxygen atoms in total. The zero-order valence-corrected chi connectivity index (χ0v) is 30.5. The number of thiophene rings is 1. The van der Waals surface area contributed by atoms with Crippen LogP contribution in [0, 0.1) is 12.8 Å². The third-order valence-corrected chi connectivity index (χ3v) is 16.7. The van der Waals surface area contributed by atoms with Gasteiger partial charge in [-0.25, -0.2) is 0 Å². The largest absolute Gasteiger partial charge is 1.00 e. The molecule has 2 atom stereocenters. The molecule has 2 unspecified atom stereocenters. The number of hydrogen-bond acceptors (Lipinski definition) is 1. The molecular formula is C35H41Cl2SSiZr. The van der Waals surface area contributed by atoms with Gasteiger partial charge in [0.1, 0.15) is 0 Å². The molecule has 3 aliphatic carbocycles. The minimum Gasteiger partial charge on any atom is -1.00 e. The Labute approximate surface area is 274 Å². The molecule has 40 heavy (non-hydrogen) atoms. The normalized spacial score (nSPS) is 21.9. The van der Waals surface area contributed by atoms with Crippen LogP contribution in [0.3, 0.4) is 0 Å². The van der Waals surface area contributed by atoms with Gasteiger partial charge in [-0.1, -0.05) is 23.9 Å². The third-order valence-electron chi connectivity index (χ3n) is 9.67. The van der Waals surface area contributed by atoms with Crippen molar-refractivity contribution in [2.45, 2.75) is 88.0 Å². The fourth-order valence-corrected chi connectivity index (χ4v) is 15.9. The fraction of sp³-hybridized carbons (Fsp3) is 0.429. The number of hydrogen-bond donors (Lipinski definition) is 0. The molecule has 5 heteroatoms. The van der Waals surface area contributed by atoms with E-state index in [0.29, 0.717) is 9.54 Å². The molecule has 1 aromatic heterocycles. The molecule has 3 heterocycles. The van der Waals surface area contributed by atoms with Crippen LogP contribution < -0.4 is 24.8 Å². The quantitative estimate of drug-likeness (QED) is 0.349. The van der Waals surface area contributed by atoms with Crippen LogP contribution in [0.4, 0.5) is 0 Å². The van der Waals surface area contributed by atoms with E-state index >= 15 is 0 Å². The van der Waals surface area contributed by atoms with Gasteiger partial charge in [0.15, 0.2) is 0 Å². The van der Waals surface area contributed by atoms with Crippen LogP contribution in [0.15, 0.2) is 59.7 Å². The number of fused-ring (bicyclic) bond motifs is 1. The summed E-state index contributed by atoms with van der Waals surface area (Å²) in [6, 6.07) is 18.8. The standard InChI is InChI=1S/C24H27.C11H14SSi.2ClH.Zr/c1-17(2)22-15-21-9-6-10-23(24(21)16-22)20-13-11-19(12-14-20)18-7-4-3-5-8-18;1-6-5-8-9(12-6)11-7(2)10(8)13(11,3)4;;;/h6,9-18H,3-5,7-8H2,1-2H3;5,11H,1-4H3;2*1H;/q;;;;+2/p-2. The summed E-state index contributed by atoms with van der Waals surface area (Å²) < 4.78 is 0.642. The molecule has 1 saturated carbocycles. The Morgan fingerprint density at radius 2 is 1.57 bits per heavy atom. The second-order valence-electron chi connectivity index (χ2n) is 12.8. The molecule has 1 fully saturated rings. The molecular weight excluding hydrogens is 643 g/mol. The van der Waals surface area contributed by atoms with Crippen molar-refractivity contribution in [3.8, 4) is 11.1 Å². The maximum atomic E-state index is 2.52. The Bertz CT molecular complexity index is 1440. The van der Waals surface area contributed by atoms with E-state index in [0.717, 1.165) is 11.5 Å². The Hall–Kier alpha value is -0.700. The van der Waals surface area contributed by atoms with Crippen molar-refractivity contribution >= 4 is 30.7 Å². The second-order valence-corrected chi connectivity index (χ2v) is 20.1. The second kappa shape index (κ2) is 12.5. The van der Waals surface area contributed by atoms with Gasteiger partial charge in [0.05, 0.1) is 8.07 Å². The zero-order chi connectivity index (χ0) is 26.8. The maximum Gasteiger partial charge on any atom is 0.0941 e. The van der Waals surface area contributed by atoms with Crippen LogP contribution in [0.25, 0.3) is 22.4 Å². The van der Waals surface area contributed by atoms with E-state index in [4.69, 9.17) is 0 Å². The van der Waals surface area contributed by atoms with Gasteiger partial charge in [-0.05, 0) is 25.5 Å². The minimum atomic E-state index is -0.995. The third kappa shape index (κ3) is 5.41. The van der Waals surface area contributed by atoms with E-state index in [1.54, 1.807) is 57.1 Å². The van der Waals surface area contributed by atoms with Crippen molar-refractivity contribution in [3.63, 3.8) is 0 Å². The van der Waals surface area contributed by atoms with E-state index in [-0.39, 0.29) is 24.8 Å². The SMILES string of the molecule is CC(C)C1=Cc2c(-c3ccc(C4CCCCC4)cc3)cccc2[CH]1[Zr+2].CC1=C2c3cc(C)sc3C1[Si]2(C)C.[Cl-].[Cl-]. The average molecular weight is 684 g/mol. The molecule has 2 aromatic carbocycles. The van der Waals surface area contributed by atoms with Crippen LogP contribution in [0.5, 0.6) is 0 Å². The van der Waals surface area contributed by atoms with Crippen molar-refractivity contribution in [1.29, 1.82) is 0 Å². The number of aryl methyl sites for hydroxylation is 1. The summed E-state index contributed by atoms with van der Waals surface area (Å²) in [5.41, 5.74) is 13.2. The van der Waals surface area contributed by atoms with Gasteiger partial charge in [0.25, 0.3) is 0 Å². The maximum absolute atomic E-state index is 2.52. The molecule has 0 saturated heterocycles. The number of allylic oxidation sites excluding steroid dienone is 2. The Morgan fingerprint density at radius 3 is 2.17 bits per heavy atom. The van der Waals surface area contributed by atoms with Gasteiger partial charge in [0, 0.05) is 15.3 Å². The van der Waals surface area contributed by atoms with Crippen molar-refractivity contribution in [1.82, 2.24) is 0 Å². The number of benzene rings is 2. The minimum absolute atomic E-state index is 0. The molecule has 0 spiro atoms. The van der Waals surface area contributed by atoms with Crippen LogP contribution in [0.2, 0.25) is 13.1 Å². The Balaban J connectivity index is 0.000000208. The van der Waals surface area contributed by atoms with Crippen molar-refractivity contribution in [2.24, 2.45) is 5.92 Å². The predicted molar refractivity (Wildman–Crippen MR) is 165 cm³/mol. The molecule has 2 bridgehead atoms. The first kappa shape index (κ1) is 32.2. The van der Waals surface area contributed by atoms with Crippen LogP contribution in [-0.4, -0.2) is 8.07 Å². The molecule has 2 aliphatic heterocycles. The van der Waals surface area contributed by atoms with E-state index < -0.39 is 8.07 Å². The van der Waals surface area contributed by atoms with Crippen LogP contribution >= 0.6 is 11.3 Å². The first-order valence-corrected chi connectivity index (χ1v) is 20.0. The van der Waals surface area contributed by atoms with Crippen molar-refractivity contribution < 1.29 is 49.5 Å². The van der Waals surface area contributed by atoms with Crippen molar-refractivity contribution in [3.05, 3.63) is 91.7 Å². The predicted octanol–water partition coefficient (Wildman–Crippen LogP) is 4.78. The molecule has 8 rings (SSSR count). The van der Waals surface area contributed by atoms with Gasteiger partial charge < -0.3 is 24.8 Å². The van der Waals surface area contributed by atoms with E-state index in [2.05, 4.69) is 95.4 Å². The monoisotopic (exact) mass is 681 g/mol. The fourth-order valence-electron chi connectivity index (χ4n) is 7.83. The van der Waals surface area contributed by atoms with E-state index in [1.165, 1.54) is 59.2 Å². The summed E-state index contributed by atoms with van der Waals surface area (Å²) >= 11 is 3.64. The summed E-state index contributed by atoms with van der Waals surface area (Å²) in [7, 11) is -0.995. The molecule has 0 amide bonds. The molecule has 5 aliphatic rings. The van der Waals surface area contributed by atoms with Gasteiger partial charge in [-0.3, -0.25) is 0 Å². The van der Waals surface area contributed by atoms with Gasteiger partial charge in [0.2, 0.25) is 0 Å². The van der Waals surface area contributed by atoms with Gasteiger partial charge in [-0.15, -0.1) is 11.3 Å². The Morgan fingerprint density at radius 1 is 0.900 bits per heavy atom. The topological polar surface area (TPSA) is 0 Å². The molecule has 0 N–H and O–H groups in total. The van der Waals surface area contributed by atoms with Gasteiger partial charge >= 0.3 is 168 Å². The molecule has 209 valence electrons. The summed E-state index contributed by atoms with van der Waals surface area (Å²) in [4.78, 5) is 3.19. The Kier molecular flexibility index (Phi) is 10.1. The van der Waals surface area contributed by atoms with Crippen LogP contribution in [0.1, 0.15) is 100.0 Å². The van der Waals surface area contributed by atoms with Gasteiger partial charge in [-0.2, -0.15) is 0 Å². The summed E-state index contributed by atoms with van der Waals surface area (Å²) in [5.74, 6) is 1.43. The molecule has 0 radical (unpaired) electrons. The molecule has 3 aromatic rings. The first-order chi connectivity index (χ1) is 18.2. The zero-order valence-electron chi connectivity index (χ0n) is 24.7. The number of rotatable bonds is 3. The first-order valence-electron chi connectivity index (χ1n) is 14.7. The van der Waals surface area contributed by atoms with E-state index in [1.807, 2.05) is 11.3 Å². The van der Waals surface area contributed by atoms with E-state index in [9.17, 15) is 0 Å². The van der Waals surface area contributed by atoms with Crippen LogP contribution in [-0.2, 0) is 24.7 Å². The number of halogens is 2. The van der Waals surface area contributed by atoms with Crippen molar-refractivity contribution in [2.75, 3.05) is 0 Å². The summed E-state index contributed by atoms with van der Waals surface area (Å²) in [5, 5.41) is 1.77. The summed E-state index contributed by atoms with van der Waals surface area (Å²) in [6.07, 6.45) is 9.46. The summed E-state index contributed by atoms with van der Waals surface area (Å²) in [6.45, 7) is 14.2.